The molecule has 0 bridgehead atoms. The maximum Gasteiger partial charge on any atom is 0.141 e. The van der Waals surface area contributed by atoms with E-state index in [1.165, 1.54) is 5.30 Å². The minimum atomic E-state index is -0.478. The van der Waals surface area contributed by atoms with Crippen molar-refractivity contribution >= 4 is 21.1 Å². The van der Waals surface area contributed by atoms with Gasteiger partial charge in [0, 0.05) is 0 Å². The molecule has 2 unspecified atom stereocenters. The van der Waals surface area contributed by atoms with Crippen LogP contribution in [0.5, 0.6) is 11.5 Å². The first-order valence-corrected chi connectivity index (χ1v) is 11.5. The van der Waals surface area contributed by atoms with Crippen molar-refractivity contribution in [1.29, 1.82) is 0 Å². The standard InChI is InChI=1S/C20H34O2P2/c1-18(2,3)23-16-14(21-10)12-11-13-15(16)22-17(23)24(19(4,5)6)20(7,8)9/h11-13,17H,1-10H3. The second-order valence-electron chi connectivity index (χ2n) is 9.50. The van der Waals surface area contributed by atoms with Crippen LogP contribution in [0.3, 0.4) is 0 Å². The molecular weight excluding hydrogens is 334 g/mol. The highest BCUT2D eigenvalue weighted by atomic mass is 31.2. The predicted molar refractivity (Wildman–Crippen MR) is 110 cm³/mol. The molecule has 24 heavy (non-hydrogen) atoms. The molecule has 0 aromatic heterocycles. The molecule has 1 aliphatic rings. The summed E-state index contributed by atoms with van der Waals surface area (Å²) in [5.74, 6) is 2.04. The van der Waals surface area contributed by atoms with E-state index in [9.17, 15) is 0 Å². The zero-order valence-electron chi connectivity index (χ0n) is 17.0. The van der Waals surface area contributed by atoms with Crippen LogP contribution in [0.1, 0.15) is 62.3 Å². The quantitative estimate of drug-likeness (QED) is 0.566. The Balaban J connectivity index is 2.63. The normalized spacial score (nSPS) is 21.6. The number of benzene rings is 1. The first kappa shape index (κ1) is 20.0. The van der Waals surface area contributed by atoms with Gasteiger partial charge in [-0.05, 0) is 43.4 Å². The van der Waals surface area contributed by atoms with Crippen LogP contribution in [0.25, 0.3) is 0 Å². The lowest BCUT2D eigenvalue weighted by molar-refractivity contribution is 0.357. The minimum absolute atomic E-state index is 0.178. The van der Waals surface area contributed by atoms with Crippen LogP contribution >= 0.6 is 15.8 Å². The van der Waals surface area contributed by atoms with E-state index >= 15 is 0 Å². The monoisotopic (exact) mass is 368 g/mol. The lowest BCUT2D eigenvalue weighted by Crippen LogP contribution is -2.35. The molecule has 0 N–H and O–H groups in total. The Bertz CT molecular complexity index is 577. The van der Waals surface area contributed by atoms with E-state index in [1.807, 2.05) is 6.07 Å². The fraction of sp³-hybridized carbons (Fsp3) is 0.700. The maximum atomic E-state index is 6.68. The number of hydrogen-bond acceptors (Lipinski definition) is 2. The number of ether oxygens (including phenoxy) is 2. The van der Waals surface area contributed by atoms with Gasteiger partial charge in [0.15, 0.2) is 0 Å². The Morgan fingerprint density at radius 3 is 1.92 bits per heavy atom. The number of methoxy groups -OCH3 is 1. The van der Waals surface area contributed by atoms with Gasteiger partial charge < -0.3 is 9.47 Å². The van der Waals surface area contributed by atoms with Crippen molar-refractivity contribution in [2.45, 2.75) is 83.4 Å². The molecule has 2 nitrogen and oxygen atoms in total. The van der Waals surface area contributed by atoms with E-state index in [2.05, 4.69) is 74.4 Å². The van der Waals surface area contributed by atoms with Crippen molar-refractivity contribution in [1.82, 2.24) is 0 Å². The molecule has 1 heterocycles. The van der Waals surface area contributed by atoms with Crippen LogP contribution in [0.4, 0.5) is 0 Å². The SMILES string of the molecule is COc1cccc2c1P(C(C)(C)C)C(P(C(C)(C)C)C(C)(C)C)O2. The molecule has 0 amide bonds. The van der Waals surface area contributed by atoms with E-state index < -0.39 is 7.92 Å². The fourth-order valence-corrected chi connectivity index (χ4v) is 14.3. The number of hydrogen-bond donors (Lipinski definition) is 0. The lowest BCUT2D eigenvalue weighted by Gasteiger charge is -2.48. The highest BCUT2D eigenvalue weighted by Gasteiger charge is 2.52. The van der Waals surface area contributed by atoms with Crippen LogP contribution in [-0.2, 0) is 0 Å². The largest absolute Gasteiger partial charge is 0.496 e. The average Bonchev–Trinajstić information content (AvgIpc) is 2.72. The highest BCUT2D eigenvalue weighted by molar-refractivity contribution is 7.82. The topological polar surface area (TPSA) is 18.5 Å². The Morgan fingerprint density at radius 1 is 0.958 bits per heavy atom. The van der Waals surface area contributed by atoms with Gasteiger partial charge in [0.2, 0.25) is 0 Å². The summed E-state index contributed by atoms with van der Waals surface area (Å²) in [6.07, 6.45) is 0. The Kier molecular flexibility index (Phi) is 5.37. The summed E-state index contributed by atoms with van der Waals surface area (Å²) in [7, 11) is 0.935. The van der Waals surface area contributed by atoms with Gasteiger partial charge in [-0.25, -0.2) is 0 Å². The van der Waals surface area contributed by atoms with Gasteiger partial charge in [-0.3, -0.25) is 0 Å². The van der Waals surface area contributed by atoms with E-state index in [4.69, 9.17) is 9.47 Å². The van der Waals surface area contributed by atoms with E-state index in [-0.39, 0.29) is 29.0 Å². The Morgan fingerprint density at radius 2 is 1.50 bits per heavy atom. The van der Waals surface area contributed by atoms with Gasteiger partial charge in [0.05, 0.1) is 12.4 Å². The van der Waals surface area contributed by atoms with Crippen LogP contribution < -0.4 is 14.8 Å². The number of fused-ring (bicyclic) bond motifs is 1. The first-order valence-electron chi connectivity index (χ1n) is 8.71. The molecule has 0 fully saturated rings. The van der Waals surface area contributed by atoms with Crippen LogP contribution in [-0.4, -0.2) is 28.2 Å². The van der Waals surface area contributed by atoms with Gasteiger partial charge in [-0.2, -0.15) is 0 Å². The van der Waals surface area contributed by atoms with Crippen LogP contribution in [0.2, 0.25) is 0 Å². The summed E-state index contributed by atoms with van der Waals surface area (Å²) < 4.78 is 12.4. The van der Waals surface area contributed by atoms with Crippen LogP contribution in [0, 0.1) is 0 Å². The molecule has 136 valence electrons. The van der Waals surface area contributed by atoms with Crippen molar-refractivity contribution in [2.75, 3.05) is 7.11 Å². The molecular formula is C20H34O2P2. The van der Waals surface area contributed by atoms with Gasteiger partial charge in [-0.15, -0.1) is 0 Å². The summed E-state index contributed by atoms with van der Waals surface area (Å²) in [4.78, 5) is 0. The molecule has 0 spiro atoms. The second kappa shape index (κ2) is 6.44. The summed E-state index contributed by atoms with van der Waals surface area (Å²) >= 11 is 0. The zero-order valence-corrected chi connectivity index (χ0v) is 18.8. The van der Waals surface area contributed by atoms with Gasteiger partial charge in [0.1, 0.15) is 17.1 Å². The van der Waals surface area contributed by atoms with Crippen molar-refractivity contribution in [3.63, 3.8) is 0 Å². The van der Waals surface area contributed by atoms with E-state index in [0.29, 0.717) is 0 Å². The number of rotatable bonds is 2. The van der Waals surface area contributed by atoms with E-state index in [0.717, 1.165) is 11.5 Å². The molecule has 1 aliphatic heterocycles. The second-order valence-corrected chi connectivity index (χ2v) is 16.8. The van der Waals surface area contributed by atoms with Gasteiger partial charge >= 0.3 is 0 Å². The maximum absolute atomic E-state index is 6.68. The molecule has 1 aromatic carbocycles. The fourth-order valence-electron chi connectivity index (χ4n) is 3.78. The summed E-state index contributed by atoms with van der Waals surface area (Å²) in [6.45, 7) is 21.3. The minimum Gasteiger partial charge on any atom is -0.496 e. The molecule has 0 aliphatic carbocycles. The zero-order chi connectivity index (χ0) is 18.5. The summed E-state index contributed by atoms with van der Waals surface area (Å²) in [5.41, 5.74) is 0.279. The molecule has 1 aromatic rings. The summed E-state index contributed by atoms with van der Waals surface area (Å²) in [5, 5.41) is 1.98. The van der Waals surface area contributed by atoms with Crippen molar-refractivity contribution in [3.05, 3.63) is 18.2 Å². The van der Waals surface area contributed by atoms with Crippen molar-refractivity contribution in [3.8, 4) is 11.5 Å². The third-order valence-electron chi connectivity index (χ3n) is 4.27. The van der Waals surface area contributed by atoms with E-state index in [1.54, 1.807) is 7.11 Å². The third kappa shape index (κ3) is 3.76. The van der Waals surface area contributed by atoms with Crippen molar-refractivity contribution in [2.24, 2.45) is 0 Å². The predicted octanol–water partition coefficient (Wildman–Crippen LogP) is 6.36. The van der Waals surface area contributed by atoms with Crippen LogP contribution in [0.15, 0.2) is 18.2 Å². The van der Waals surface area contributed by atoms with Crippen molar-refractivity contribution < 1.29 is 9.47 Å². The molecule has 4 heteroatoms. The lowest BCUT2D eigenvalue weighted by atomic mass is 10.2. The van der Waals surface area contributed by atoms with Gasteiger partial charge in [0.25, 0.3) is 0 Å². The van der Waals surface area contributed by atoms with Gasteiger partial charge in [-0.1, -0.05) is 68.4 Å². The smallest absolute Gasteiger partial charge is 0.141 e. The molecule has 2 rings (SSSR count). The molecule has 0 saturated carbocycles. The molecule has 0 radical (unpaired) electrons. The Hall–Kier alpha value is -0.320. The first-order chi connectivity index (χ1) is 10.8. The highest BCUT2D eigenvalue weighted by Crippen LogP contribution is 2.75. The average molecular weight is 368 g/mol. The molecule has 0 saturated heterocycles. The Labute approximate surface area is 151 Å². The molecule has 2 atom stereocenters. The summed E-state index contributed by atoms with van der Waals surface area (Å²) in [6, 6.07) is 6.26. The third-order valence-corrected chi connectivity index (χ3v) is 12.0.